The Bertz CT molecular complexity index is 505. The average Bonchev–Trinajstić information content (AvgIpc) is 2.31. The Labute approximate surface area is 124 Å². The van der Waals surface area contributed by atoms with E-state index in [1.807, 2.05) is 0 Å². The van der Waals surface area contributed by atoms with Crippen molar-refractivity contribution in [2.24, 2.45) is 0 Å². The van der Waals surface area contributed by atoms with Gasteiger partial charge in [-0.2, -0.15) is 0 Å². The van der Waals surface area contributed by atoms with Crippen molar-refractivity contribution in [2.75, 3.05) is 12.4 Å². The van der Waals surface area contributed by atoms with Crippen molar-refractivity contribution in [3.63, 3.8) is 0 Å². The predicted molar refractivity (Wildman–Crippen MR) is 75.7 cm³/mol. The van der Waals surface area contributed by atoms with Crippen LogP contribution < -0.4 is 5.32 Å². The Morgan fingerprint density at radius 3 is 2.53 bits per heavy atom. The van der Waals surface area contributed by atoms with E-state index in [4.69, 9.17) is 16.3 Å². The van der Waals surface area contributed by atoms with Crippen LogP contribution in [0.3, 0.4) is 0 Å². The zero-order valence-electron chi connectivity index (χ0n) is 10.6. The standard InChI is InChI=1S/C12H13BrClNO4/c1-6(2)19-12(17)15-10-5-9(14)8(13)4-7(10)11(16)18-3/h4-6H,1-3H3,(H,15,17). The van der Waals surface area contributed by atoms with Crippen LogP contribution in [0.1, 0.15) is 24.2 Å². The normalized spacial score (nSPS) is 10.2. The van der Waals surface area contributed by atoms with E-state index in [0.717, 1.165) is 0 Å². The SMILES string of the molecule is COC(=O)c1cc(Br)c(Cl)cc1NC(=O)OC(C)C. The molecule has 0 aliphatic heterocycles. The van der Waals surface area contributed by atoms with Crippen molar-refractivity contribution in [3.05, 3.63) is 27.2 Å². The first-order valence-corrected chi connectivity index (χ1v) is 6.57. The van der Waals surface area contributed by atoms with E-state index in [1.54, 1.807) is 13.8 Å². The number of nitrogens with one attached hydrogen (secondary N) is 1. The molecule has 0 fully saturated rings. The van der Waals surface area contributed by atoms with Crippen molar-refractivity contribution in [2.45, 2.75) is 20.0 Å². The topological polar surface area (TPSA) is 64.6 Å². The summed E-state index contributed by atoms with van der Waals surface area (Å²) in [6.45, 7) is 3.44. The number of carbonyl (C=O) groups excluding carboxylic acids is 2. The van der Waals surface area contributed by atoms with Crippen LogP contribution in [0.15, 0.2) is 16.6 Å². The lowest BCUT2D eigenvalue weighted by Gasteiger charge is -2.13. The molecule has 19 heavy (non-hydrogen) atoms. The van der Waals surface area contributed by atoms with Crippen molar-refractivity contribution < 1.29 is 19.1 Å². The molecular weight excluding hydrogens is 337 g/mol. The number of methoxy groups -OCH3 is 1. The second-order valence-corrected chi connectivity index (χ2v) is 5.14. The van der Waals surface area contributed by atoms with Gasteiger partial charge in [0.25, 0.3) is 0 Å². The third-order valence-corrected chi connectivity index (χ3v) is 3.24. The molecule has 0 unspecified atom stereocenters. The minimum Gasteiger partial charge on any atom is -0.465 e. The Kier molecular flexibility index (Phi) is 5.62. The summed E-state index contributed by atoms with van der Waals surface area (Å²) in [5.41, 5.74) is 0.408. The lowest BCUT2D eigenvalue weighted by atomic mass is 10.2. The van der Waals surface area contributed by atoms with Gasteiger partial charge in [-0.05, 0) is 41.9 Å². The number of ether oxygens (including phenoxy) is 2. The van der Waals surface area contributed by atoms with Gasteiger partial charge in [0.05, 0.1) is 29.5 Å². The summed E-state index contributed by atoms with van der Waals surface area (Å²) in [6, 6.07) is 2.92. The van der Waals surface area contributed by atoms with E-state index >= 15 is 0 Å². The first-order chi connectivity index (χ1) is 8.85. The number of esters is 1. The van der Waals surface area contributed by atoms with Gasteiger partial charge in [-0.25, -0.2) is 9.59 Å². The molecule has 0 saturated carbocycles. The molecule has 0 saturated heterocycles. The van der Waals surface area contributed by atoms with Crippen LogP contribution in [0.5, 0.6) is 0 Å². The number of hydrogen-bond acceptors (Lipinski definition) is 4. The third kappa shape index (κ3) is 4.40. The first kappa shape index (κ1) is 15.8. The van der Waals surface area contributed by atoms with Crippen LogP contribution in [-0.2, 0) is 9.47 Å². The minimum atomic E-state index is -0.668. The molecule has 0 aliphatic rings. The van der Waals surface area contributed by atoms with Gasteiger partial charge in [0.2, 0.25) is 0 Å². The summed E-state index contributed by atoms with van der Waals surface area (Å²) in [5.74, 6) is -0.586. The fraction of sp³-hybridized carbons (Fsp3) is 0.333. The van der Waals surface area contributed by atoms with E-state index in [1.165, 1.54) is 19.2 Å². The fourth-order valence-electron chi connectivity index (χ4n) is 1.28. The quantitative estimate of drug-likeness (QED) is 0.841. The second kappa shape index (κ2) is 6.77. The van der Waals surface area contributed by atoms with Gasteiger partial charge >= 0.3 is 12.1 Å². The van der Waals surface area contributed by atoms with Crippen LogP contribution in [-0.4, -0.2) is 25.3 Å². The van der Waals surface area contributed by atoms with Crippen LogP contribution >= 0.6 is 27.5 Å². The Hall–Kier alpha value is -1.27. The van der Waals surface area contributed by atoms with Crippen LogP contribution in [0.4, 0.5) is 10.5 Å². The fourth-order valence-corrected chi connectivity index (χ4v) is 1.79. The molecule has 104 valence electrons. The maximum atomic E-state index is 11.6. The van der Waals surface area contributed by atoms with Gasteiger partial charge in [-0.3, -0.25) is 5.32 Å². The van der Waals surface area contributed by atoms with Gasteiger partial charge in [0.1, 0.15) is 0 Å². The molecule has 0 aliphatic carbocycles. The average molecular weight is 351 g/mol. The lowest BCUT2D eigenvalue weighted by Crippen LogP contribution is -2.20. The summed E-state index contributed by atoms with van der Waals surface area (Å²) in [7, 11) is 1.25. The first-order valence-electron chi connectivity index (χ1n) is 5.40. The smallest absolute Gasteiger partial charge is 0.411 e. The Morgan fingerprint density at radius 2 is 2.00 bits per heavy atom. The summed E-state index contributed by atoms with van der Waals surface area (Å²) in [6.07, 6.45) is -0.939. The number of carbonyl (C=O) groups is 2. The van der Waals surface area contributed by atoms with E-state index in [9.17, 15) is 9.59 Å². The molecule has 1 amide bonds. The van der Waals surface area contributed by atoms with E-state index < -0.39 is 12.1 Å². The zero-order chi connectivity index (χ0) is 14.6. The second-order valence-electron chi connectivity index (χ2n) is 3.88. The van der Waals surface area contributed by atoms with Crippen molar-refractivity contribution in [1.29, 1.82) is 0 Å². The van der Waals surface area contributed by atoms with Gasteiger partial charge in [-0.1, -0.05) is 11.6 Å². The van der Waals surface area contributed by atoms with Gasteiger partial charge in [0.15, 0.2) is 0 Å². The molecule has 5 nitrogen and oxygen atoms in total. The Balaban J connectivity index is 3.07. The van der Waals surface area contributed by atoms with Crippen LogP contribution in [0.2, 0.25) is 5.02 Å². The molecule has 1 aromatic carbocycles. The van der Waals surface area contributed by atoms with Crippen LogP contribution in [0, 0.1) is 0 Å². The molecule has 1 aromatic rings. The van der Waals surface area contributed by atoms with Gasteiger partial charge in [-0.15, -0.1) is 0 Å². The number of rotatable bonds is 3. The van der Waals surface area contributed by atoms with Crippen molar-refractivity contribution in [3.8, 4) is 0 Å². The number of benzene rings is 1. The van der Waals surface area contributed by atoms with Crippen molar-refractivity contribution >= 4 is 45.3 Å². The largest absolute Gasteiger partial charge is 0.465 e. The van der Waals surface area contributed by atoms with E-state index in [2.05, 4.69) is 26.0 Å². The highest BCUT2D eigenvalue weighted by atomic mass is 79.9. The summed E-state index contributed by atoms with van der Waals surface area (Å²) in [4.78, 5) is 23.2. The number of amides is 1. The maximum absolute atomic E-state index is 11.6. The minimum absolute atomic E-state index is 0.180. The Morgan fingerprint density at radius 1 is 1.37 bits per heavy atom. The monoisotopic (exact) mass is 349 g/mol. The summed E-state index contributed by atoms with van der Waals surface area (Å²) in [5, 5.41) is 2.81. The number of anilines is 1. The molecule has 0 atom stereocenters. The number of hydrogen-bond donors (Lipinski definition) is 1. The zero-order valence-corrected chi connectivity index (χ0v) is 13.0. The highest BCUT2D eigenvalue weighted by Crippen LogP contribution is 2.30. The molecule has 0 spiro atoms. The van der Waals surface area contributed by atoms with Crippen molar-refractivity contribution in [1.82, 2.24) is 0 Å². The summed E-state index contributed by atoms with van der Waals surface area (Å²) >= 11 is 9.13. The van der Waals surface area contributed by atoms with E-state index in [-0.39, 0.29) is 17.4 Å². The highest BCUT2D eigenvalue weighted by molar-refractivity contribution is 9.10. The molecule has 7 heteroatoms. The molecule has 0 heterocycles. The van der Waals surface area contributed by atoms with Crippen LogP contribution in [0.25, 0.3) is 0 Å². The highest BCUT2D eigenvalue weighted by Gasteiger charge is 2.17. The molecule has 0 radical (unpaired) electrons. The molecule has 0 aromatic heterocycles. The van der Waals surface area contributed by atoms with Gasteiger partial charge < -0.3 is 9.47 Å². The summed E-state index contributed by atoms with van der Waals surface area (Å²) < 4.78 is 10.1. The molecular formula is C12H13BrClNO4. The maximum Gasteiger partial charge on any atom is 0.411 e. The molecule has 0 bridgehead atoms. The molecule has 1 rings (SSSR count). The van der Waals surface area contributed by atoms with E-state index in [0.29, 0.717) is 9.50 Å². The lowest BCUT2D eigenvalue weighted by molar-refractivity contribution is 0.0602. The third-order valence-electron chi connectivity index (χ3n) is 2.05. The molecule has 1 N–H and O–H groups in total. The number of halogens is 2. The predicted octanol–water partition coefficient (Wildman–Crippen LogP) is 3.85. The van der Waals surface area contributed by atoms with Gasteiger partial charge in [0, 0.05) is 4.47 Å².